The van der Waals surface area contributed by atoms with Crippen molar-refractivity contribution in [3.8, 4) is 0 Å². The average Bonchev–Trinajstić information content (AvgIpc) is 3.38. The summed E-state index contributed by atoms with van der Waals surface area (Å²) >= 11 is 0. The Labute approximate surface area is 151 Å². The maximum atomic E-state index is 14.2. The molecule has 1 amide bonds. The Morgan fingerprint density at radius 3 is 2.65 bits per heavy atom. The van der Waals surface area contributed by atoms with E-state index in [1.54, 1.807) is 30.3 Å². The molecule has 2 aliphatic carbocycles. The third-order valence-corrected chi connectivity index (χ3v) is 5.52. The van der Waals surface area contributed by atoms with Gasteiger partial charge in [0.15, 0.2) is 0 Å². The second kappa shape index (κ2) is 6.24. The van der Waals surface area contributed by atoms with Gasteiger partial charge in [0.2, 0.25) is 5.91 Å². The van der Waals surface area contributed by atoms with Crippen molar-refractivity contribution in [3.05, 3.63) is 70.5 Å². The van der Waals surface area contributed by atoms with Crippen molar-refractivity contribution >= 4 is 11.9 Å². The van der Waals surface area contributed by atoms with Crippen molar-refractivity contribution in [3.63, 3.8) is 0 Å². The number of hydrogen-bond acceptors (Lipinski definition) is 3. The number of halogens is 1. The second-order valence-electron chi connectivity index (χ2n) is 7.03. The van der Waals surface area contributed by atoms with E-state index >= 15 is 0 Å². The SMILES string of the molecule is COC(=O)c1ccc2c(c1)[C@H](NC(=O)C1(c3ccccc3F)CC1)CC2. The number of aryl methyl sites for hydroxylation is 1. The highest BCUT2D eigenvalue weighted by Gasteiger charge is 2.53. The minimum absolute atomic E-state index is 0.135. The van der Waals surface area contributed by atoms with Crippen LogP contribution in [0.3, 0.4) is 0 Å². The first kappa shape index (κ1) is 16.8. The summed E-state index contributed by atoms with van der Waals surface area (Å²) in [6.45, 7) is 0. The summed E-state index contributed by atoms with van der Waals surface area (Å²) < 4.78 is 19.0. The van der Waals surface area contributed by atoms with E-state index in [4.69, 9.17) is 4.74 Å². The lowest BCUT2D eigenvalue weighted by Crippen LogP contribution is -2.37. The molecule has 5 heteroatoms. The zero-order valence-corrected chi connectivity index (χ0v) is 14.5. The molecule has 0 saturated heterocycles. The van der Waals surface area contributed by atoms with Crippen molar-refractivity contribution in [2.45, 2.75) is 37.1 Å². The Hall–Kier alpha value is -2.69. The van der Waals surface area contributed by atoms with Crippen LogP contribution in [0.1, 0.15) is 52.4 Å². The third-order valence-electron chi connectivity index (χ3n) is 5.52. The van der Waals surface area contributed by atoms with Gasteiger partial charge in [-0.2, -0.15) is 0 Å². The average molecular weight is 353 g/mol. The first-order chi connectivity index (χ1) is 12.5. The molecule has 2 aromatic rings. The molecule has 0 heterocycles. The van der Waals surface area contributed by atoms with Gasteiger partial charge in [-0.15, -0.1) is 0 Å². The number of benzene rings is 2. The van der Waals surface area contributed by atoms with Crippen LogP contribution in [0.2, 0.25) is 0 Å². The number of amides is 1. The van der Waals surface area contributed by atoms with Gasteiger partial charge in [-0.1, -0.05) is 24.3 Å². The molecule has 1 atom stereocenters. The predicted molar refractivity (Wildman–Crippen MR) is 94.3 cm³/mol. The molecular weight excluding hydrogens is 333 g/mol. The Balaban J connectivity index is 1.58. The first-order valence-corrected chi connectivity index (χ1v) is 8.82. The zero-order valence-electron chi connectivity index (χ0n) is 14.5. The smallest absolute Gasteiger partial charge is 0.337 e. The summed E-state index contributed by atoms with van der Waals surface area (Å²) in [7, 11) is 1.35. The summed E-state index contributed by atoms with van der Waals surface area (Å²) in [4.78, 5) is 24.7. The Bertz CT molecular complexity index is 889. The van der Waals surface area contributed by atoms with Crippen molar-refractivity contribution in [2.24, 2.45) is 0 Å². The standard InChI is InChI=1S/C21H20FNO3/c1-26-19(24)14-7-6-13-8-9-18(15(13)12-14)23-20(25)21(10-11-21)16-4-2-3-5-17(16)22/h2-7,12,18H,8-11H2,1H3,(H,23,25)/t18-/m1/s1. The highest BCUT2D eigenvalue weighted by molar-refractivity contribution is 5.92. The number of ether oxygens (including phenoxy) is 1. The molecule has 0 aromatic heterocycles. The molecule has 0 bridgehead atoms. The van der Waals surface area contributed by atoms with Gasteiger partial charge in [-0.3, -0.25) is 4.79 Å². The molecule has 4 nitrogen and oxygen atoms in total. The largest absolute Gasteiger partial charge is 0.465 e. The number of carbonyl (C=O) groups is 2. The lowest BCUT2D eigenvalue weighted by Gasteiger charge is -2.21. The molecule has 1 fully saturated rings. The quantitative estimate of drug-likeness (QED) is 0.857. The van der Waals surface area contributed by atoms with E-state index in [-0.39, 0.29) is 17.8 Å². The number of esters is 1. The summed E-state index contributed by atoms with van der Waals surface area (Å²) in [6, 6.07) is 11.8. The van der Waals surface area contributed by atoms with Crippen LogP contribution < -0.4 is 5.32 Å². The molecule has 1 N–H and O–H groups in total. The summed E-state index contributed by atoms with van der Waals surface area (Å²) in [5, 5.41) is 3.09. The highest BCUT2D eigenvalue weighted by Crippen LogP contribution is 2.50. The van der Waals surface area contributed by atoms with E-state index < -0.39 is 11.4 Å². The lowest BCUT2D eigenvalue weighted by atomic mass is 9.93. The van der Waals surface area contributed by atoms with Crippen molar-refractivity contribution in [1.82, 2.24) is 5.32 Å². The fraction of sp³-hybridized carbons (Fsp3) is 0.333. The molecule has 0 aliphatic heterocycles. The van der Waals surface area contributed by atoms with Crippen LogP contribution in [0, 0.1) is 5.82 Å². The van der Waals surface area contributed by atoms with E-state index in [9.17, 15) is 14.0 Å². The molecule has 0 unspecified atom stereocenters. The van der Waals surface area contributed by atoms with Crippen molar-refractivity contribution < 1.29 is 18.7 Å². The first-order valence-electron chi connectivity index (χ1n) is 8.82. The van der Waals surface area contributed by atoms with Gasteiger partial charge in [0, 0.05) is 5.56 Å². The summed E-state index contributed by atoms with van der Waals surface area (Å²) in [5.74, 6) is -0.862. The van der Waals surface area contributed by atoms with Crippen LogP contribution >= 0.6 is 0 Å². The molecule has 4 rings (SSSR count). The molecule has 0 radical (unpaired) electrons. The van der Waals surface area contributed by atoms with Crippen LogP contribution in [0.4, 0.5) is 4.39 Å². The van der Waals surface area contributed by atoms with Gasteiger partial charge < -0.3 is 10.1 Å². The van der Waals surface area contributed by atoms with Crippen LogP contribution in [0.15, 0.2) is 42.5 Å². The molecule has 0 spiro atoms. The van der Waals surface area contributed by atoms with E-state index in [0.717, 1.165) is 24.0 Å². The van der Waals surface area contributed by atoms with Crippen LogP contribution in [-0.2, 0) is 21.4 Å². The Morgan fingerprint density at radius 1 is 1.19 bits per heavy atom. The molecular formula is C21H20FNO3. The highest BCUT2D eigenvalue weighted by atomic mass is 19.1. The van der Waals surface area contributed by atoms with Gasteiger partial charge in [-0.25, -0.2) is 9.18 Å². The minimum atomic E-state index is -0.756. The normalized spacial score (nSPS) is 19.5. The fourth-order valence-corrected chi connectivity index (χ4v) is 3.89. The molecule has 134 valence electrons. The number of hydrogen-bond donors (Lipinski definition) is 1. The van der Waals surface area contributed by atoms with E-state index in [2.05, 4.69) is 5.32 Å². The summed E-state index contributed by atoms with van der Waals surface area (Å²) in [6.07, 6.45) is 2.93. The van der Waals surface area contributed by atoms with Crippen molar-refractivity contribution in [2.75, 3.05) is 7.11 Å². The van der Waals surface area contributed by atoms with Gasteiger partial charge >= 0.3 is 5.97 Å². The number of nitrogens with one attached hydrogen (secondary N) is 1. The van der Waals surface area contributed by atoms with Crippen LogP contribution in [0.25, 0.3) is 0 Å². The Kier molecular flexibility index (Phi) is 4.02. The molecule has 2 aromatic carbocycles. The Morgan fingerprint density at radius 2 is 1.96 bits per heavy atom. The molecule has 26 heavy (non-hydrogen) atoms. The monoisotopic (exact) mass is 353 g/mol. The number of methoxy groups -OCH3 is 1. The van der Waals surface area contributed by atoms with Gasteiger partial charge in [-0.05, 0) is 55.0 Å². The van der Waals surface area contributed by atoms with Crippen LogP contribution in [-0.4, -0.2) is 19.0 Å². The topological polar surface area (TPSA) is 55.4 Å². The maximum absolute atomic E-state index is 14.2. The molecule has 1 saturated carbocycles. The number of fused-ring (bicyclic) bond motifs is 1. The van der Waals surface area contributed by atoms with E-state index in [0.29, 0.717) is 24.0 Å². The molecule has 2 aliphatic rings. The summed E-state index contributed by atoms with van der Waals surface area (Å²) in [5.41, 5.74) is 2.26. The number of rotatable bonds is 4. The predicted octanol–water partition coefficient (Wildman–Crippen LogP) is 3.45. The van der Waals surface area contributed by atoms with Gasteiger partial charge in [0.05, 0.1) is 24.1 Å². The minimum Gasteiger partial charge on any atom is -0.465 e. The number of carbonyl (C=O) groups excluding carboxylic acids is 2. The van der Waals surface area contributed by atoms with Crippen LogP contribution in [0.5, 0.6) is 0 Å². The third kappa shape index (κ3) is 2.68. The zero-order chi connectivity index (χ0) is 18.3. The second-order valence-corrected chi connectivity index (χ2v) is 7.03. The van der Waals surface area contributed by atoms with E-state index in [1.165, 1.54) is 13.2 Å². The van der Waals surface area contributed by atoms with Gasteiger partial charge in [0.1, 0.15) is 5.82 Å². The van der Waals surface area contributed by atoms with Gasteiger partial charge in [0.25, 0.3) is 0 Å². The fourth-order valence-electron chi connectivity index (χ4n) is 3.89. The van der Waals surface area contributed by atoms with Crippen molar-refractivity contribution in [1.29, 1.82) is 0 Å². The maximum Gasteiger partial charge on any atom is 0.337 e. The van der Waals surface area contributed by atoms with E-state index in [1.807, 2.05) is 6.07 Å². The lowest BCUT2D eigenvalue weighted by molar-refractivity contribution is -0.124.